The smallest absolute Gasteiger partial charge is 0.123 e. The minimum Gasteiger partial charge on any atom is -0.488 e. The molecule has 0 atom stereocenters. The first-order valence-corrected chi connectivity index (χ1v) is 5.69. The van der Waals surface area contributed by atoms with Crippen LogP contribution >= 0.6 is 0 Å². The zero-order valence-corrected chi connectivity index (χ0v) is 10.4. The van der Waals surface area contributed by atoms with E-state index in [-0.39, 0.29) is 5.60 Å². The van der Waals surface area contributed by atoms with Crippen molar-refractivity contribution in [3.8, 4) is 5.75 Å². The number of rotatable bonds is 0. The van der Waals surface area contributed by atoms with Crippen molar-refractivity contribution in [2.45, 2.75) is 53.1 Å². The Hall–Kier alpha value is -0.980. The molecule has 2 rings (SSSR count). The third-order valence-corrected chi connectivity index (χ3v) is 3.62. The Morgan fingerprint density at radius 3 is 2.47 bits per heavy atom. The highest BCUT2D eigenvalue weighted by Crippen LogP contribution is 2.37. The lowest BCUT2D eigenvalue weighted by Gasteiger charge is -2.34. The molecule has 1 heterocycles. The molecule has 15 heavy (non-hydrogen) atoms. The molecular formula is C14H20O. The van der Waals surface area contributed by atoms with E-state index in [1.165, 1.54) is 22.3 Å². The third-order valence-electron chi connectivity index (χ3n) is 3.62. The maximum atomic E-state index is 6.04. The zero-order valence-electron chi connectivity index (χ0n) is 10.4. The summed E-state index contributed by atoms with van der Waals surface area (Å²) in [6, 6.07) is 2.19. The van der Waals surface area contributed by atoms with Crippen molar-refractivity contribution >= 4 is 0 Å². The van der Waals surface area contributed by atoms with E-state index in [0.717, 1.165) is 18.6 Å². The minimum atomic E-state index is 0.00113. The standard InChI is InChI=1S/C14H20O/c1-9-8-13-12(11(3)10(9)2)6-7-14(4,5)15-13/h8H,6-7H2,1-5H3. The molecule has 1 aromatic rings. The number of benzene rings is 1. The Kier molecular flexibility index (Phi) is 2.29. The van der Waals surface area contributed by atoms with Gasteiger partial charge in [-0.2, -0.15) is 0 Å². The normalized spacial score (nSPS) is 18.2. The Morgan fingerprint density at radius 2 is 1.80 bits per heavy atom. The lowest BCUT2D eigenvalue weighted by molar-refractivity contribution is 0.0843. The highest BCUT2D eigenvalue weighted by atomic mass is 16.5. The first-order valence-electron chi connectivity index (χ1n) is 5.69. The van der Waals surface area contributed by atoms with Crippen LogP contribution in [0, 0.1) is 20.8 Å². The van der Waals surface area contributed by atoms with E-state index in [1.54, 1.807) is 0 Å². The maximum Gasteiger partial charge on any atom is 0.123 e. The quantitative estimate of drug-likeness (QED) is 0.626. The second-order valence-electron chi connectivity index (χ2n) is 5.28. The van der Waals surface area contributed by atoms with Gasteiger partial charge in [0.05, 0.1) is 0 Å². The summed E-state index contributed by atoms with van der Waals surface area (Å²) in [6.07, 6.45) is 2.26. The first-order chi connectivity index (χ1) is 6.91. The van der Waals surface area contributed by atoms with E-state index in [2.05, 4.69) is 40.7 Å². The predicted molar refractivity (Wildman–Crippen MR) is 63.7 cm³/mol. The van der Waals surface area contributed by atoms with Gasteiger partial charge in [0.1, 0.15) is 11.4 Å². The molecule has 1 aromatic carbocycles. The second kappa shape index (κ2) is 3.26. The zero-order chi connectivity index (χ0) is 11.2. The molecule has 0 aromatic heterocycles. The number of fused-ring (bicyclic) bond motifs is 1. The summed E-state index contributed by atoms with van der Waals surface area (Å²) in [7, 11) is 0. The van der Waals surface area contributed by atoms with Crippen LogP contribution in [0.25, 0.3) is 0 Å². The summed E-state index contributed by atoms with van der Waals surface area (Å²) >= 11 is 0. The van der Waals surface area contributed by atoms with E-state index in [0.29, 0.717) is 0 Å². The minimum absolute atomic E-state index is 0.00113. The van der Waals surface area contributed by atoms with Gasteiger partial charge in [0.2, 0.25) is 0 Å². The molecule has 1 nitrogen and oxygen atoms in total. The molecule has 0 spiro atoms. The Bertz CT molecular complexity index is 402. The SMILES string of the molecule is Cc1cc2c(c(C)c1C)CCC(C)(C)O2. The van der Waals surface area contributed by atoms with Crippen LogP contribution in [0.4, 0.5) is 0 Å². The highest BCUT2D eigenvalue weighted by molar-refractivity contribution is 5.49. The molecule has 0 saturated carbocycles. The predicted octanol–water partition coefficient (Wildman–Crippen LogP) is 3.72. The maximum absolute atomic E-state index is 6.04. The van der Waals surface area contributed by atoms with E-state index >= 15 is 0 Å². The van der Waals surface area contributed by atoms with E-state index in [9.17, 15) is 0 Å². The van der Waals surface area contributed by atoms with Crippen molar-refractivity contribution in [1.29, 1.82) is 0 Å². The molecular weight excluding hydrogens is 184 g/mol. The van der Waals surface area contributed by atoms with Crippen LogP contribution in [0.15, 0.2) is 6.07 Å². The van der Waals surface area contributed by atoms with Gasteiger partial charge in [-0.25, -0.2) is 0 Å². The monoisotopic (exact) mass is 204 g/mol. The second-order valence-corrected chi connectivity index (χ2v) is 5.28. The molecule has 0 saturated heterocycles. The highest BCUT2D eigenvalue weighted by Gasteiger charge is 2.28. The molecule has 0 fully saturated rings. The summed E-state index contributed by atoms with van der Waals surface area (Å²) < 4.78 is 6.04. The van der Waals surface area contributed by atoms with Crippen LogP contribution in [0.5, 0.6) is 5.75 Å². The van der Waals surface area contributed by atoms with Gasteiger partial charge in [0.15, 0.2) is 0 Å². The molecule has 0 N–H and O–H groups in total. The third kappa shape index (κ3) is 1.75. The lowest BCUT2D eigenvalue weighted by Crippen LogP contribution is -2.33. The van der Waals surface area contributed by atoms with Gasteiger partial charge in [-0.05, 0) is 75.8 Å². The summed E-state index contributed by atoms with van der Waals surface area (Å²) in [5.74, 6) is 1.10. The van der Waals surface area contributed by atoms with E-state index < -0.39 is 0 Å². The largest absolute Gasteiger partial charge is 0.488 e. The molecule has 1 heteroatoms. The molecule has 1 aliphatic heterocycles. The average Bonchev–Trinajstić information content (AvgIpc) is 2.12. The molecule has 82 valence electrons. The van der Waals surface area contributed by atoms with Crippen LogP contribution in [0.2, 0.25) is 0 Å². The van der Waals surface area contributed by atoms with Gasteiger partial charge >= 0.3 is 0 Å². The summed E-state index contributed by atoms with van der Waals surface area (Å²) in [6.45, 7) is 10.9. The number of aryl methyl sites for hydroxylation is 1. The van der Waals surface area contributed by atoms with Crippen LogP contribution in [-0.4, -0.2) is 5.60 Å². The summed E-state index contributed by atoms with van der Waals surface area (Å²) in [5.41, 5.74) is 5.58. The average molecular weight is 204 g/mol. The van der Waals surface area contributed by atoms with Gasteiger partial charge < -0.3 is 4.74 Å². The number of hydrogen-bond donors (Lipinski definition) is 0. The molecule has 0 aliphatic carbocycles. The van der Waals surface area contributed by atoms with Crippen LogP contribution in [-0.2, 0) is 6.42 Å². The fourth-order valence-electron chi connectivity index (χ4n) is 2.28. The van der Waals surface area contributed by atoms with Crippen LogP contribution < -0.4 is 4.74 Å². The van der Waals surface area contributed by atoms with Gasteiger partial charge in [-0.15, -0.1) is 0 Å². The van der Waals surface area contributed by atoms with Crippen molar-refractivity contribution in [2.24, 2.45) is 0 Å². The number of ether oxygens (including phenoxy) is 1. The first kappa shape index (κ1) is 10.5. The number of hydrogen-bond acceptors (Lipinski definition) is 1. The fraction of sp³-hybridized carbons (Fsp3) is 0.571. The van der Waals surface area contributed by atoms with Gasteiger partial charge in [0, 0.05) is 0 Å². The summed E-state index contributed by atoms with van der Waals surface area (Å²) in [5, 5.41) is 0. The van der Waals surface area contributed by atoms with Gasteiger partial charge in [0.25, 0.3) is 0 Å². The van der Waals surface area contributed by atoms with E-state index in [1.807, 2.05) is 0 Å². The van der Waals surface area contributed by atoms with Crippen LogP contribution in [0.1, 0.15) is 42.5 Å². The Balaban J connectivity index is 2.54. The van der Waals surface area contributed by atoms with Gasteiger partial charge in [-0.3, -0.25) is 0 Å². The summed E-state index contributed by atoms with van der Waals surface area (Å²) in [4.78, 5) is 0. The van der Waals surface area contributed by atoms with Crippen molar-refractivity contribution in [3.63, 3.8) is 0 Å². The topological polar surface area (TPSA) is 9.23 Å². The Labute approximate surface area is 92.5 Å². The molecule has 1 aliphatic rings. The molecule has 0 radical (unpaired) electrons. The lowest BCUT2D eigenvalue weighted by atomic mass is 9.88. The van der Waals surface area contributed by atoms with Crippen molar-refractivity contribution < 1.29 is 4.74 Å². The molecule has 0 amide bonds. The van der Waals surface area contributed by atoms with Gasteiger partial charge in [-0.1, -0.05) is 0 Å². The van der Waals surface area contributed by atoms with Crippen molar-refractivity contribution in [2.75, 3.05) is 0 Å². The molecule has 0 bridgehead atoms. The van der Waals surface area contributed by atoms with Crippen LogP contribution in [0.3, 0.4) is 0 Å². The fourth-order valence-corrected chi connectivity index (χ4v) is 2.28. The van der Waals surface area contributed by atoms with Crippen molar-refractivity contribution in [1.82, 2.24) is 0 Å². The van der Waals surface area contributed by atoms with Crippen molar-refractivity contribution in [3.05, 3.63) is 28.3 Å². The molecule has 0 unspecified atom stereocenters. The Morgan fingerprint density at radius 1 is 1.13 bits per heavy atom. The van der Waals surface area contributed by atoms with E-state index in [4.69, 9.17) is 4.74 Å².